The van der Waals surface area contributed by atoms with E-state index in [1.54, 1.807) is 12.4 Å². The molecule has 3 aliphatic heterocycles. The summed E-state index contributed by atoms with van der Waals surface area (Å²) in [5.41, 5.74) is 7.51. The van der Waals surface area contributed by atoms with Gasteiger partial charge >= 0.3 is 6.03 Å². The zero-order valence-corrected chi connectivity index (χ0v) is 21.3. The van der Waals surface area contributed by atoms with Gasteiger partial charge in [0.1, 0.15) is 5.82 Å². The van der Waals surface area contributed by atoms with Crippen LogP contribution in [-0.4, -0.2) is 126 Å². The van der Waals surface area contributed by atoms with Crippen LogP contribution in [0.2, 0.25) is 0 Å². The molecule has 13 heteroatoms. The van der Waals surface area contributed by atoms with Crippen molar-refractivity contribution in [2.45, 2.75) is 18.9 Å². The number of urea groups is 1. The fourth-order valence-electron chi connectivity index (χ4n) is 4.90. The van der Waals surface area contributed by atoms with E-state index in [-0.39, 0.29) is 18.0 Å². The average molecular weight is 510 g/mol. The van der Waals surface area contributed by atoms with Gasteiger partial charge in [-0.05, 0) is 19.9 Å². The summed E-state index contributed by atoms with van der Waals surface area (Å²) in [4.78, 5) is 39.1. The summed E-state index contributed by atoms with van der Waals surface area (Å²) in [5, 5.41) is 11.7. The first-order valence-corrected chi connectivity index (χ1v) is 12.8. The number of likely N-dealkylation sites (tertiary alicyclic amines) is 1. The molecule has 0 bridgehead atoms. The number of likely N-dealkylation sites (N-methyl/N-ethyl adjacent to an activating group) is 1. The molecule has 3 saturated heterocycles. The van der Waals surface area contributed by atoms with Gasteiger partial charge in [0.2, 0.25) is 11.9 Å². The third kappa shape index (κ3) is 5.72. The standard InChI is InChI=1S/C24H35N11O2/c1-32-6-8-35(9-7-32)24(36)34-4-2-18(3-5-34)29-21-19(14-25)20(17-15-27-22(26)28-16-17)30-23(31-21)33-10-12-37-13-11-33/h14-16,18,25H,2-13H2,1H3,(H2,26,27,28)(H,29,30,31). The van der Waals surface area contributed by atoms with Gasteiger partial charge in [0.05, 0.1) is 24.5 Å². The maximum absolute atomic E-state index is 13.0. The number of hydrogen-bond donors (Lipinski definition) is 3. The van der Waals surface area contributed by atoms with Crippen LogP contribution in [-0.2, 0) is 4.74 Å². The minimum absolute atomic E-state index is 0.123. The third-order valence-electron chi connectivity index (χ3n) is 7.20. The van der Waals surface area contributed by atoms with Crippen molar-refractivity contribution in [2.75, 3.05) is 88.6 Å². The predicted octanol–water partition coefficient (Wildman–Crippen LogP) is 0.594. The van der Waals surface area contributed by atoms with Crippen molar-refractivity contribution in [3.8, 4) is 11.3 Å². The van der Waals surface area contributed by atoms with Crippen LogP contribution in [0.5, 0.6) is 0 Å². The minimum Gasteiger partial charge on any atom is -0.378 e. The largest absolute Gasteiger partial charge is 0.378 e. The van der Waals surface area contributed by atoms with Crippen molar-refractivity contribution in [1.82, 2.24) is 34.6 Å². The van der Waals surface area contributed by atoms with Gasteiger partial charge in [0.15, 0.2) is 0 Å². The van der Waals surface area contributed by atoms with Crippen LogP contribution in [0.15, 0.2) is 12.4 Å². The molecule has 0 aromatic carbocycles. The Bertz CT molecular complexity index is 1090. The molecule has 4 N–H and O–H groups in total. The van der Waals surface area contributed by atoms with E-state index in [1.807, 2.05) is 9.80 Å². The fraction of sp³-hybridized carbons (Fsp3) is 0.583. The number of nitrogens with zero attached hydrogens (tertiary/aromatic N) is 8. The molecule has 198 valence electrons. The number of rotatable bonds is 5. The second-order valence-corrected chi connectivity index (χ2v) is 9.69. The Hall–Kier alpha value is -3.58. The minimum atomic E-state index is 0.123. The fourth-order valence-corrected chi connectivity index (χ4v) is 4.90. The lowest BCUT2D eigenvalue weighted by Crippen LogP contribution is -2.54. The van der Waals surface area contributed by atoms with Gasteiger partial charge in [0, 0.05) is 82.6 Å². The lowest BCUT2D eigenvalue weighted by atomic mass is 10.0. The van der Waals surface area contributed by atoms with Crippen molar-refractivity contribution >= 4 is 30.0 Å². The molecule has 0 radical (unpaired) electrons. The molecule has 2 aromatic rings. The highest BCUT2D eigenvalue weighted by Gasteiger charge is 2.29. The summed E-state index contributed by atoms with van der Waals surface area (Å²) in [7, 11) is 2.09. The molecule has 3 fully saturated rings. The Morgan fingerprint density at radius 3 is 2.32 bits per heavy atom. The number of hydrogen-bond acceptors (Lipinski definition) is 11. The van der Waals surface area contributed by atoms with Crippen LogP contribution in [0.25, 0.3) is 11.3 Å². The van der Waals surface area contributed by atoms with Crippen LogP contribution < -0.4 is 16.0 Å². The molecular formula is C24H35N11O2. The van der Waals surface area contributed by atoms with Gasteiger partial charge in [-0.2, -0.15) is 4.98 Å². The van der Waals surface area contributed by atoms with Crippen molar-refractivity contribution in [3.05, 3.63) is 18.0 Å². The van der Waals surface area contributed by atoms with Crippen molar-refractivity contribution in [3.63, 3.8) is 0 Å². The number of morpholine rings is 1. The topological polar surface area (TPSA) is 153 Å². The van der Waals surface area contributed by atoms with Gasteiger partial charge in [-0.3, -0.25) is 0 Å². The number of ether oxygens (including phenoxy) is 1. The summed E-state index contributed by atoms with van der Waals surface area (Å²) in [5.74, 6) is 1.35. The first-order valence-electron chi connectivity index (χ1n) is 12.8. The molecule has 0 aliphatic carbocycles. The molecule has 2 amide bonds. The van der Waals surface area contributed by atoms with E-state index in [1.165, 1.54) is 6.21 Å². The highest BCUT2D eigenvalue weighted by atomic mass is 16.5. The molecule has 0 atom stereocenters. The number of piperidine rings is 1. The lowest BCUT2D eigenvalue weighted by Gasteiger charge is -2.39. The van der Waals surface area contributed by atoms with E-state index >= 15 is 0 Å². The maximum atomic E-state index is 13.0. The average Bonchev–Trinajstić information content (AvgIpc) is 2.94. The Labute approximate surface area is 216 Å². The van der Waals surface area contributed by atoms with Crippen molar-refractivity contribution in [2.24, 2.45) is 0 Å². The second kappa shape index (κ2) is 11.2. The van der Waals surface area contributed by atoms with E-state index < -0.39 is 0 Å². The molecule has 5 rings (SSSR count). The molecule has 2 aromatic heterocycles. The van der Waals surface area contributed by atoms with E-state index in [2.05, 4.69) is 32.1 Å². The van der Waals surface area contributed by atoms with Crippen LogP contribution in [0, 0.1) is 5.41 Å². The Kier molecular flexibility index (Phi) is 7.60. The summed E-state index contributed by atoms with van der Waals surface area (Å²) >= 11 is 0. The Balaban J connectivity index is 1.34. The van der Waals surface area contributed by atoms with Crippen LogP contribution in [0.1, 0.15) is 18.4 Å². The van der Waals surface area contributed by atoms with Crippen LogP contribution in [0.3, 0.4) is 0 Å². The maximum Gasteiger partial charge on any atom is 0.320 e. The van der Waals surface area contributed by atoms with E-state index in [0.717, 1.165) is 39.0 Å². The summed E-state index contributed by atoms with van der Waals surface area (Å²) < 4.78 is 5.50. The van der Waals surface area contributed by atoms with E-state index in [9.17, 15) is 4.79 Å². The summed E-state index contributed by atoms with van der Waals surface area (Å²) in [6, 6.07) is 0.257. The van der Waals surface area contributed by atoms with Gasteiger partial charge in [-0.1, -0.05) is 0 Å². The number of aromatic nitrogens is 4. The molecule has 3 aliphatic rings. The molecule has 0 unspecified atom stereocenters. The number of anilines is 3. The number of carbonyl (C=O) groups excluding carboxylic acids is 1. The zero-order chi connectivity index (χ0) is 25.8. The SMILES string of the molecule is CN1CCN(C(=O)N2CCC(Nc3nc(N4CCOCC4)nc(-c4cnc(N)nc4)c3C=N)CC2)CC1. The van der Waals surface area contributed by atoms with Crippen LogP contribution in [0.4, 0.5) is 22.5 Å². The van der Waals surface area contributed by atoms with Crippen LogP contribution >= 0.6 is 0 Å². The van der Waals surface area contributed by atoms with E-state index in [4.69, 9.17) is 25.8 Å². The molecule has 0 saturated carbocycles. The number of nitrogens with two attached hydrogens (primary N) is 1. The Morgan fingerprint density at radius 1 is 1.03 bits per heavy atom. The number of amides is 2. The Morgan fingerprint density at radius 2 is 1.68 bits per heavy atom. The van der Waals surface area contributed by atoms with Gasteiger partial charge < -0.3 is 40.8 Å². The molecule has 37 heavy (non-hydrogen) atoms. The molecule has 5 heterocycles. The van der Waals surface area contributed by atoms with Gasteiger partial charge in [-0.25, -0.2) is 19.7 Å². The van der Waals surface area contributed by atoms with E-state index in [0.29, 0.717) is 68.0 Å². The second-order valence-electron chi connectivity index (χ2n) is 9.69. The molecule has 13 nitrogen and oxygen atoms in total. The number of carbonyl (C=O) groups is 1. The first-order chi connectivity index (χ1) is 18.0. The zero-order valence-electron chi connectivity index (χ0n) is 21.3. The van der Waals surface area contributed by atoms with Gasteiger partial charge in [0.25, 0.3) is 0 Å². The normalized spacial score (nSPS) is 19.6. The third-order valence-corrected chi connectivity index (χ3v) is 7.20. The number of nitrogen functional groups attached to an aromatic ring is 1. The molecule has 0 spiro atoms. The quantitative estimate of drug-likeness (QED) is 0.488. The lowest BCUT2D eigenvalue weighted by molar-refractivity contribution is 0.114. The number of piperazine rings is 1. The summed E-state index contributed by atoms with van der Waals surface area (Å²) in [6.07, 6.45) is 6.10. The highest BCUT2D eigenvalue weighted by molar-refractivity contribution is 5.93. The first kappa shape index (κ1) is 25.1. The van der Waals surface area contributed by atoms with Crippen molar-refractivity contribution in [1.29, 1.82) is 5.41 Å². The summed E-state index contributed by atoms with van der Waals surface area (Å²) in [6.45, 7) is 7.34. The highest BCUT2D eigenvalue weighted by Crippen LogP contribution is 2.29. The number of nitrogens with one attached hydrogen (secondary N) is 2. The molecular weight excluding hydrogens is 474 g/mol. The van der Waals surface area contributed by atoms with Crippen molar-refractivity contribution < 1.29 is 9.53 Å². The van der Waals surface area contributed by atoms with Gasteiger partial charge in [-0.15, -0.1) is 0 Å². The predicted molar refractivity (Wildman–Crippen MR) is 141 cm³/mol. The monoisotopic (exact) mass is 509 g/mol. The smallest absolute Gasteiger partial charge is 0.320 e.